The fourth-order valence-electron chi connectivity index (χ4n) is 5.55. The molecule has 0 radical (unpaired) electrons. The predicted molar refractivity (Wildman–Crippen MR) is 73.3 cm³/mol. The molecule has 0 aromatic carbocycles. The summed E-state index contributed by atoms with van der Waals surface area (Å²) in [5, 5.41) is 0. The Balaban J connectivity index is 1.82. The lowest BCUT2D eigenvalue weighted by atomic mass is 9.48. The SMILES string of the molecule is COCCN(C)C1(CN)C2CC3CC(C2)CC1C3. The van der Waals surface area contributed by atoms with E-state index in [0.717, 1.165) is 43.4 Å². The molecule has 4 aliphatic rings. The molecule has 0 saturated heterocycles. The Morgan fingerprint density at radius 3 is 2.11 bits per heavy atom. The van der Waals surface area contributed by atoms with Crippen LogP contribution in [0.5, 0.6) is 0 Å². The molecule has 4 saturated carbocycles. The van der Waals surface area contributed by atoms with E-state index in [9.17, 15) is 0 Å². The maximum absolute atomic E-state index is 6.28. The molecule has 0 spiro atoms. The van der Waals surface area contributed by atoms with Gasteiger partial charge in [-0.15, -0.1) is 0 Å². The van der Waals surface area contributed by atoms with Gasteiger partial charge in [-0.1, -0.05) is 0 Å². The van der Waals surface area contributed by atoms with Crippen LogP contribution < -0.4 is 5.73 Å². The number of hydrogen-bond donors (Lipinski definition) is 1. The van der Waals surface area contributed by atoms with Crippen molar-refractivity contribution in [3.05, 3.63) is 0 Å². The molecule has 3 heteroatoms. The highest BCUT2D eigenvalue weighted by molar-refractivity contribution is 5.12. The molecule has 104 valence electrons. The van der Waals surface area contributed by atoms with Crippen molar-refractivity contribution in [3.8, 4) is 0 Å². The Kier molecular flexibility index (Phi) is 3.41. The van der Waals surface area contributed by atoms with Gasteiger partial charge in [-0.25, -0.2) is 0 Å². The molecule has 0 heterocycles. The van der Waals surface area contributed by atoms with Gasteiger partial charge in [-0.05, 0) is 62.8 Å². The number of methoxy groups -OCH3 is 1. The van der Waals surface area contributed by atoms with Crippen LogP contribution in [-0.4, -0.2) is 44.3 Å². The minimum atomic E-state index is 0.284. The molecule has 4 aliphatic carbocycles. The zero-order valence-electron chi connectivity index (χ0n) is 11.9. The van der Waals surface area contributed by atoms with Gasteiger partial charge in [0, 0.05) is 25.7 Å². The van der Waals surface area contributed by atoms with Crippen molar-refractivity contribution in [1.82, 2.24) is 4.90 Å². The highest BCUT2D eigenvalue weighted by Gasteiger charge is 2.57. The van der Waals surface area contributed by atoms with E-state index in [0.29, 0.717) is 0 Å². The molecule has 0 aliphatic heterocycles. The average Bonchev–Trinajstić information content (AvgIpc) is 2.36. The van der Waals surface area contributed by atoms with E-state index in [-0.39, 0.29) is 5.54 Å². The van der Waals surface area contributed by atoms with Crippen LogP contribution in [-0.2, 0) is 4.74 Å². The van der Waals surface area contributed by atoms with E-state index in [2.05, 4.69) is 11.9 Å². The molecule has 4 rings (SSSR count). The first-order valence-corrected chi connectivity index (χ1v) is 7.61. The summed E-state index contributed by atoms with van der Waals surface area (Å²) in [6, 6.07) is 0. The molecule has 18 heavy (non-hydrogen) atoms. The van der Waals surface area contributed by atoms with Crippen molar-refractivity contribution in [2.75, 3.05) is 33.9 Å². The van der Waals surface area contributed by atoms with Gasteiger partial charge in [-0.2, -0.15) is 0 Å². The molecular weight excluding hydrogens is 224 g/mol. The smallest absolute Gasteiger partial charge is 0.0589 e. The summed E-state index contributed by atoms with van der Waals surface area (Å²) in [6.45, 7) is 2.68. The Morgan fingerprint density at radius 2 is 1.67 bits per heavy atom. The molecule has 4 fully saturated rings. The van der Waals surface area contributed by atoms with Crippen LogP contribution >= 0.6 is 0 Å². The van der Waals surface area contributed by atoms with Crippen LogP contribution in [0.1, 0.15) is 32.1 Å². The van der Waals surface area contributed by atoms with E-state index < -0.39 is 0 Å². The number of ether oxygens (including phenoxy) is 1. The standard InChI is InChI=1S/C15H28N2O/c1-17(3-4-18-2)15(10-16)13-6-11-5-12(8-13)9-14(15)7-11/h11-14H,3-10,16H2,1-2H3. The number of hydrogen-bond acceptors (Lipinski definition) is 3. The van der Waals surface area contributed by atoms with Crippen molar-refractivity contribution in [3.63, 3.8) is 0 Å². The maximum atomic E-state index is 6.28. The Labute approximate surface area is 111 Å². The van der Waals surface area contributed by atoms with E-state index >= 15 is 0 Å². The summed E-state index contributed by atoms with van der Waals surface area (Å²) in [7, 11) is 4.06. The van der Waals surface area contributed by atoms with Crippen molar-refractivity contribution < 1.29 is 4.74 Å². The summed E-state index contributed by atoms with van der Waals surface area (Å²) in [6.07, 6.45) is 7.24. The summed E-state index contributed by atoms with van der Waals surface area (Å²) < 4.78 is 5.26. The third-order valence-corrected chi connectivity index (χ3v) is 6.22. The van der Waals surface area contributed by atoms with Crippen LogP contribution in [0.4, 0.5) is 0 Å². The summed E-state index contributed by atoms with van der Waals surface area (Å²) >= 11 is 0. The van der Waals surface area contributed by atoms with Gasteiger partial charge >= 0.3 is 0 Å². The predicted octanol–water partition coefficient (Wildman–Crippen LogP) is 1.72. The molecular formula is C15H28N2O. The van der Waals surface area contributed by atoms with Gasteiger partial charge in [0.1, 0.15) is 0 Å². The highest BCUT2D eigenvalue weighted by Crippen LogP contribution is 2.59. The molecule has 3 nitrogen and oxygen atoms in total. The molecule has 0 aromatic heterocycles. The molecule has 2 N–H and O–H groups in total. The van der Waals surface area contributed by atoms with Gasteiger partial charge in [0.15, 0.2) is 0 Å². The lowest BCUT2D eigenvalue weighted by Gasteiger charge is -2.64. The Bertz CT molecular complexity index is 277. The van der Waals surface area contributed by atoms with Crippen LogP contribution in [0.25, 0.3) is 0 Å². The van der Waals surface area contributed by atoms with Gasteiger partial charge in [-0.3, -0.25) is 4.90 Å². The van der Waals surface area contributed by atoms with Gasteiger partial charge in [0.2, 0.25) is 0 Å². The lowest BCUT2D eigenvalue weighted by molar-refractivity contribution is -0.126. The van der Waals surface area contributed by atoms with Crippen molar-refractivity contribution >= 4 is 0 Å². The molecule has 0 unspecified atom stereocenters. The first kappa shape index (κ1) is 12.9. The average molecular weight is 252 g/mol. The molecule has 0 atom stereocenters. The van der Waals surface area contributed by atoms with Crippen molar-refractivity contribution in [1.29, 1.82) is 0 Å². The monoisotopic (exact) mass is 252 g/mol. The van der Waals surface area contributed by atoms with E-state index in [1.807, 2.05) is 0 Å². The fraction of sp³-hybridized carbons (Fsp3) is 1.00. The summed E-state index contributed by atoms with van der Waals surface area (Å²) in [5.41, 5.74) is 6.56. The van der Waals surface area contributed by atoms with Crippen LogP contribution in [0.15, 0.2) is 0 Å². The third-order valence-electron chi connectivity index (χ3n) is 6.22. The van der Waals surface area contributed by atoms with Crippen LogP contribution in [0, 0.1) is 23.7 Å². The lowest BCUT2D eigenvalue weighted by Crippen LogP contribution is -2.68. The van der Waals surface area contributed by atoms with Crippen LogP contribution in [0.2, 0.25) is 0 Å². The van der Waals surface area contributed by atoms with Crippen molar-refractivity contribution in [2.24, 2.45) is 29.4 Å². The summed E-state index contributed by atoms with van der Waals surface area (Å²) in [5.74, 6) is 3.73. The topological polar surface area (TPSA) is 38.5 Å². The van der Waals surface area contributed by atoms with Gasteiger partial charge in [0.05, 0.1) is 6.61 Å². The molecule has 0 aromatic rings. The Hall–Kier alpha value is -0.120. The Morgan fingerprint density at radius 1 is 1.11 bits per heavy atom. The minimum Gasteiger partial charge on any atom is -0.383 e. The van der Waals surface area contributed by atoms with E-state index in [1.54, 1.807) is 7.11 Å². The van der Waals surface area contributed by atoms with E-state index in [1.165, 1.54) is 32.1 Å². The third kappa shape index (κ3) is 1.75. The molecule has 4 bridgehead atoms. The number of rotatable bonds is 5. The normalized spacial score (nSPS) is 46.0. The first-order valence-electron chi connectivity index (χ1n) is 7.61. The zero-order valence-corrected chi connectivity index (χ0v) is 11.9. The highest BCUT2D eigenvalue weighted by atomic mass is 16.5. The largest absolute Gasteiger partial charge is 0.383 e. The number of likely N-dealkylation sites (N-methyl/N-ethyl adjacent to an activating group) is 1. The van der Waals surface area contributed by atoms with Crippen molar-refractivity contribution in [2.45, 2.75) is 37.6 Å². The fourth-order valence-corrected chi connectivity index (χ4v) is 5.55. The maximum Gasteiger partial charge on any atom is 0.0589 e. The summed E-state index contributed by atoms with van der Waals surface area (Å²) in [4.78, 5) is 2.55. The van der Waals surface area contributed by atoms with Gasteiger partial charge in [0.25, 0.3) is 0 Å². The molecule has 0 amide bonds. The zero-order chi connectivity index (χ0) is 12.8. The second-order valence-corrected chi connectivity index (χ2v) is 6.91. The second kappa shape index (κ2) is 4.77. The number of nitrogens with zero attached hydrogens (tertiary/aromatic N) is 1. The number of nitrogens with two attached hydrogens (primary N) is 1. The minimum absolute atomic E-state index is 0.284. The van der Waals surface area contributed by atoms with E-state index in [4.69, 9.17) is 10.5 Å². The second-order valence-electron chi connectivity index (χ2n) is 6.91. The quantitative estimate of drug-likeness (QED) is 0.809. The van der Waals surface area contributed by atoms with Gasteiger partial charge < -0.3 is 10.5 Å². The first-order chi connectivity index (χ1) is 8.70. The van der Waals surface area contributed by atoms with Crippen LogP contribution in [0.3, 0.4) is 0 Å².